The lowest BCUT2D eigenvalue weighted by Crippen LogP contribution is -2.24. The molecule has 128 valence electrons. The molecule has 0 aromatic carbocycles. The maximum Gasteiger partial charge on any atom is 0.406 e. The van der Waals surface area contributed by atoms with E-state index >= 15 is 0 Å². The number of methoxy groups -OCH3 is 1. The van der Waals surface area contributed by atoms with Crippen LogP contribution in [0.25, 0.3) is 0 Å². The predicted octanol–water partition coefficient (Wildman–Crippen LogP) is 2.58. The van der Waals surface area contributed by atoms with Crippen molar-refractivity contribution in [2.75, 3.05) is 20.3 Å². The lowest BCUT2D eigenvalue weighted by molar-refractivity contribution is 0.171. The minimum absolute atomic E-state index is 0.289. The lowest BCUT2D eigenvalue weighted by atomic mass is 10.0. The molecular formula is C17H27N3O3. The van der Waals surface area contributed by atoms with Crippen molar-refractivity contribution in [2.45, 2.75) is 51.6 Å². The van der Waals surface area contributed by atoms with Gasteiger partial charge < -0.3 is 20.1 Å². The number of amides is 1. The zero-order valence-corrected chi connectivity index (χ0v) is 14.2. The van der Waals surface area contributed by atoms with Gasteiger partial charge in [0.1, 0.15) is 0 Å². The third-order valence-corrected chi connectivity index (χ3v) is 3.87. The molecule has 6 nitrogen and oxygen atoms in total. The average Bonchev–Trinajstić information content (AvgIpc) is 3.36. The molecule has 1 aromatic rings. The van der Waals surface area contributed by atoms with Crippen LogP contribution in [0, 0.1) is 0 Å². The first kappa shape index (κ1) is 17.5. The van der Waals surface area contributed by atoms with Crippen molar-refractivity contribution >= 4 is 6.09 Å². The average molecular weight is 321 g/mol. The van der Waals surface area contributed by atoms with E-state index in [0.717, 1.165) is 18.4 Å². The Labute approximate surface area is 138 Å². The fraction of sp³-hybridized carbons (Fsp3) is 0.647. The molecule has 2 rings (SSSR count). The number of alkyl carbamates (subject to hydrolysis) is 1. The third kappa shape index (κ3) is 5.71. The minimum atomic E-state index is -0.399. The van der Waals surface area contributed by atoms with Crippen molar-refractivity contribution in [3.05, 3.63) is 23.4 Å². The quantitative estimate of drug-likeness (QED) is 0.684. The van der Waals surface area contributed by atoms with Crippen LogP contribution in [0.4, 0.5) is 4.79 Å². The summed E-state index contributed by atoms with van der Waals surface area (Å²) in [4.78, 5) is 15.5. The molecule has 6 heteroatoms. The van der Waals surface area contributed by atoms with Gasteiger partial charge in [-0.3, -0.25) is 0 Å². The largest absolute Gasteiger partial charge is 0.478 e. The normalized spacial score (nSPS) is 15.1. The highest BCUT2D eigenvalue weighted by molar-refractivity contribution is 5.66. The first-order valence-electron chi connectivity index (χ1n) is 8.33. The monoisotopic (exact) mass is 321 g/mol. The molecule has 1 fully saturated rings. The van der Waals surface area contributed by atoms with E-state index in [-0.39, 0.29) is 6.04 Å². The van der Waals surface area contributed by atoms with Gasteiger partial charge in [0.05, 0.1) is 13.7 Å². The number of carbonyl (C=O) groups is 1. The number of aryl methyl sites for hydroxylation is 1. The number of hydrogen-bond acceptors (Lipinski definition) is 5. The summed E-state index contributed by atoms with van der Waals surface area (Å²) >= 11 is 0. The second-order valence-electron chi connectivity index (χ2n) is 5.85. The van der Waals surface area contributed by atoms with Gasteiger partial charge in [-0.15, -0.1) is 0 Å². The predicted molar refractivity (Wildman–Crippen MR) is 88.7 cm³/mol. The number of nitrogens with one attached hydrogen (secondary N) is 2. The van der Waals surface area contributed by atoms with E-state index in [1.807, 2.05) is 13.1 Å². The standard InChI is InChI=1S/C17H27N3O3/c1-4-23-16-13(6-5-9-18-17(21)22-3)10-14(11-19-16)12(2)20-15-7-8-15/h10-12,15,20H,4-9H2,1-3H3,(H,18,21). The van der Waals surface area contributed by atoms with Crippen molar-refractivity contribution in [1.82, 2.24) is 15.6 Å². The van der Waals surface area contributed by atoms with Crippen LogP contribution in [-0.2, 0) is 11.2 Å². The molecule has 1 aromatic heterocycles. The summed E-state index contributed by atoms with van der Waals surface area (Å²) in [5, 5.41) is 6.28. The van der Waals surface area contributed by atoms with Crippen LogP contribution in [0.3, 0.4) is 0 Å². The maximum atomic E-state index is 11.1. The zero-order valence-electron chi connectivity index (χ0n) is 14.2. The van der Waals surface area contributed by atoms with Gasteiger partial charge in [-0.2, -0.15) is 0 Å². The van der Waals surface area contributed by atoms with E-state index < -0.39 is 6.09 Å². The molecular weight excluding hydrogens is 294 g/mol. The molecule has 1 aliphatic carbocycles. The minimum Gasteiger partial charge on any atom is -0.478 e. The van der Waals surface area contributed by atoms with Crippen molar-refractivity contribution in [3.8, 4) is 5.88 Å². The van der Waals surface area contributed by atoms with Crippen molar-refractivity contribution in [1.29, 1.82) is 0 Å². The molecule has 0 bridgehead atoms. The van der Waals surface area contributed by atoms with Crippen LogP contribution in [0.1, 0.15) is 50.3 Å². The fourth-order valence-electron chi connectivity index (χ4n) is 2.44. The number of carbonyl (C=O) groups excluding carboxylic acids is 1. The van der Waals surface area contributed by atoms with E-state index in [0.29, 0.717) is 25.1 Å². The number of aromatic nitrogens is 1. The van der Waals surface area contributed by atoms with E-state index in [4.69, 9.17) is 4.74 Å². The number of nitrogens with zero attached hydrogens (tertiary/aromatic N) is 1. The smallest absolute Gasteiger partial charge is 0.406 e. The van der Waals surface area contributed by atoms with Crippen LogP contribution >= 0.6 is 0 Å². The lowest BCUT2D eigenvalue weighted by Gasteiger charge is -2.16. The summed E-state index contributed by atoms with van der Waals surface area (Å²) in [6.45, 7) is 5.28. The van der Waals surface area contributed by atoms with E-state index in [1.54, 1.807) is 0 Å². The first-order valence-corrected chi connectivity index (χ1v) is 8.33. The molecule has 1 aliphatic rings. The van der Waals surface area contributed by atoms with Gasteiger partial charge >= 0.3 is 6.09 Å². The molecule has 1 heterocycles. The van der Waals surface area contributed by atoms with Gasteiger partial charge in [-0.25, -0.2) is 9.78 Å². The molecule has 1 unspecified atom stereocenters. The Hall–Kier alpha value is -1.82. The van der Waals surface area contributed by atoms with Crippen LogP contribution in [-0.4, -0.2) is 37.4 Å². The summed E-state index contributed by atoms with van der Waals surface area (Å²) in [5.41, 5.74) is 2.26. The molecule has 1 amide bonds. The van der Waals surface area contributed by atoms with Gasteiger partial charge in [-0.1, -0.05) is 0 Å². The highest BCUT2D eigenvalue weighted by Gasteiger charge is 2.23. The Bertz CT molecular complexity index is 518. The summed E-state index contributed by atoms with van der Waals surface area (Å²) in [5.74, 6) is 0.688. The van der Waals surface area contributed by atoms with Gasteiger partial charge in [0.25, 0.3) is 0 Å². The molecule has 0 radical (unpaired) electrons. The Balaban J connectivity index is 1.96. The summed E-state index contributed by atoms with van der Waals surface area (Å²) in [6, 6.07) is 3.11. The number of hydrogen-bond donors (Lipinski definition) is 2. The molecule has 23 heavy (non-hydrogen) atoms. The molecule has 0 saturated heterocycles. The summed E-state index contributed by atoms with van der Waals surface area (Å²) in [6.07, 6.45) is 5.63. The van der Waals surface area contributed by atoms with Crippen molar-refractivity contribution in [3.63, 3.8) is 0 Å². The summed E-state index contributed by atoms with van der Waals surface area (Å²) < 4.78 is 10.2. The van der Waals surface area contributed by atoms with Gasteiger partial charge in [0.2, 0.25) is 5.88 Å². The second-order valence-corrected chi connectivity index (χ2v) is 5.85. The highest BCUT2D eigenvalue weighted by Crippen LogP contribution is 2.26. The number of ether oxygens (including phenoxy) is 2. The first-order chi connectivity index (χ1) is 11.1. The van der Waals surface area contributed by atoms with Crippen LogP contribution in [0.15, 0.2) is 12.3 Å². The fourth-order valence-corrected chi connectivity index (χ4v) is 2.44. The highest BCUT2D eigenvalue weighted by atomic mass is 16.5. The van der Waals surface area contributed by atoms with E-state index in [1.165, 1.54) is 25.5 Å². The number of rotatable bonds is 9. The SMILES string of the molecule is CCOc1ncc(C(C)NC2CC2)cc1CCCNC(=O)OC. The van der Waals surface area contributed by atoms with Gasteiger partial charge in [0.15, 0.2) is 0 Å². The molecule has 0 spiro atoms. The Morgan fingerprint density at radius 3 is 2.91 bits per heavy atom. The molecule has 1 atom stereocenters. The van der Waals surface area contributed by atoms with Crippen molar-refractivity contribution < 1.29 is 14.3 Å². The number of pyridine rings is 1. The Morgan fingerprint density at radius 2 is 2.26 bits per heavy atom. The van der Waals surface area contributed by atoms with E-state index in [2.05, 4.69) is 33.3 Å². The molecule has 1 saturated carbocycles. The Kier molecular flexibility index (Phi) is 6.65. The van der Waals surface area contributed by atoms with Crippen LogP contribution < -0.4 is 15.4 Å². The summed E-state index contributed by atoms with van der Waals surface area (Å²) in [7, 11) is 1.37. The van der Waals surface area contributed by atoms with Gasteiger partial charge in [0, 0.05) is 30.4 Å². The van der Waals surface area contributed by atoms with Crippen molar-refractivity contribution in [2.24, 2.45) is 0 Å². The third-order valence-electron chi connectivity index (χ3n) is 3.87. The Morgan fingerprint density at radius 1 is 1.48 bits per heavy atom. The topological polar surface area (TPSA) is 72.5 Å². The van der Waals surface area contributed by atoms with E-state index in [9.17, 15) is 4.79 Å². The maximum absolute atomic E-state index is 11.1. The second kappa shape index (κ2) is 8.72. The molecule has 2 N–H and O–H groups in total. The van der Waals surface area contributed by atoms with Crippen LogP contribution in [0.5, 0.6) is 5.88 Å². The van der Waals surface area contributed by atoms with Crippen LogP contribution in [0.2, 0.25) is 0 Å². The van der Waals surface area contributed by atoms with Gasteiger partial charge in [-0.05, 0) is 51.2 Å². The molecule has 0 aliphatic heterocycles. The zero-order chi connectivity index (χ0) is 16.7.